The minimum absolute atomic E-state index is 0.00492. The normalized spacial score (nSPS) is 26.7. The van der Waals surface area contributed by atoms with Crippen LogP contribution in [0, 0.1) is 5.41 Å². The first-order valence-corrected chi connectivity index (χ1v) is 8.91. The van der Waals surface area contributed by atoms with Crippen molar-refractivity contribution in [2.75, 3.05) is 25.0 Å². The zero-order valence-corrected chi connectivity index (χ0v) is 15.0. The second-order valence-corrected chi connectivity index (χ2v) is 6.53. The Balaban J connectivity index is 1.55. The summed E-state index contributed by atoms with van der Waals surface area (Å²) in [7, 11) is 0. The predicted molar refractivity (Wildman–Crippen MR) is 97.8 cm³/mol. The standard InChI is InChI=1S/C17H24ClN5O2/c1-2-3-11(19)14(18)15(20)16-17(25-16)23-10-4-5-12(22-8-10)13-9-21-6-7-24-13/h4-5,8,13,16-17,19,21,23H,2-3,6-7,9,20H2,1H3/b15-14+,19-11?/t13-,16?,17?/m1/s1. The van der Waals surface area contributed by atoms with E-state index in [0.717, 1.165) is 30.9 Å². The lowest BCUT2D eigenvalue weighted by atomic mass is 10.1. The molecule has 0 amide bonds. The van der Waals surface area contributed by atoms with Gasteiger partial charge in [-0.25, -0.2) is 0 Å². The smallest absolute Gasteiger partial charge is 0.161 e. The van der Waals surface area contributed by atoms with Crippen molar-refractivity contribution in [3.8, 4) is 0 Å². The molecule has 2 aliphatic heterocycles. The summed E-state index contributed by atoms with van der Waals surface area (Å²) in [5, 5.41) is 14.7. The summed E-state index contributed by atoms with van der Waals surface area (Å²) in [4.78, 5) is 4.45. The van der Waals surface area contributed by atoms with Crippen molar-refractivity contribution >= 4 is 23.0 Å². The van der Waals surface area contributed by atoms with E-state index in [0.29, 0.717) is 29.5 Å². The number of hydrogen-bond donors (Lipinski definition) is 4. The lowest BCUT2D eigenvalue weighted by molar-refractivity contribution is 0.0250. The lowest BCUT2D eigenvalue weighted by Crippen LogP contribution is -2.33. The molecule has 0 bridgehead atoms. The Bertz CT molecular complexity index is 643. The Hall–Kier alpha value is -1.67. The summed E-state index contributed by atoms with van der Waals surface area (Å²) in [5.74, 6) is 0. The minimum Gasteiger partial charge on any atom is -0.398 e. The molecule has 3 rings (SSSR count). The summed E-state index contributed by atoms with van der Waals surface area (Å²) < 4.78 is 11.2. The second-order valence-electron chi connectivity index (χ2n) is 6.15. The van der Waals surface area contributed by atoms with Crippen LogP contribution in [0.4, 0.5) is 5.69 Å². The maximum Gasteiger partial charge on any atom is 0.161 e. The number of nitrogens with one attached hydrogen (secondary N) is 3. The molecule has 136 valence electrons. The van der Waals surface area contributed by atoms with Crippen molar-refractivity contribution in [2.45, 2.75) is 38.2 Å². The van der Waals surface area contributed by atoms with Crippen LogP contribution < -0.4 is 16.4 Å². The number of nitrogens with two attached hydrogens (primary N) is 1. The van der Waals surface area contributed by atoms with Crippen molar-refractivity contribution in [1.29, 1.82) is 5.41 Å². The molecule has 7 nitrogen and oxygen atoms in total. The highest BCUT2D eigenvalue weighted by Gasteiger charge is 2.42. The molecule has 2 fully saturated rings. The average Bonchev–Trinajstić information content (AvgIpc) is 3.41. The quantitative estimate of drug-likeness (QED) is 0.435. The van der Waals surface area contributed by atoms with E-state index in [2.05, 4.69) is 15.6 Å². The van der Waals surface area contributed by atoms with E-state index in [1.807, 2.05) is 19.1 Å². The largest absolute Gasteiger partial charge is 0.398 e. The first-order valence-electron chi connectivity index (χ1n) is 8.53. The Labute approximate surface area is 152 Å². The van der Waals surface area contributed by atoms with Crippen LogP contribution in [0.2, 0.25) is 0 Å². The highest BCUT2D eigenvalue weighted by molar-refractivity contribution is 6.43. The fourth-order valence-electron chi connectivity index (χ4n) is 2.72. The number of morpholine rings is 1. The van der Waals surface area contributed by atoms with Gasteiger partial charge in [-0.2, -0.15) is 0 Å². The zero-order valence-electron chi connectivity index (χ0n) is 14.2. The number of pyridine rings is 1. The SMILES string of the molecule is CCCC(=N)/C(Cl)=C(\N)C1OC1Nc1ccc([C@H]2CNCCO2)nc1. The summed E-state index contributed by atoms with van der Waals surface area (Å²) in [6.45, 7) is 4.35. The number of epoxide rings is 1. The van der Waals surface area contributed by atoms with Gasteiger partial charge in [0.25, 0.3) is 0 Å². The molecule has 3 heterocycles. The molecule has 0 radical (unpaired) electrons. The van der Waals surface area contributed by atoms with Gasteiger partial charge in [0.15, 0.2) is 6.23 Å². The first-order chi connectivity index (χ1) is 12.1. The lowest BCUT2D eigenvalue weighted by Gasteiger charge is -2.23. The second kappa shape index (κ2) is 8.14. The van der Waals surface area contributed by atoms with E-state index in [4.69, 9.17) is 32.2 Å². The van der Waals surface area contributed by atoms with Gasteiger partial charge in [0, 0.05) is 13.1 Å². The van der Waals surface area contributed by atoms with E-state index in [-0.39, 0.29) is 18.4 Å². The Morgan fingerprint density at radius 3 is 3.00 bits per heavy atom. The highest BCUT2D eigenvalue weighted by atomic mass is 35.5. The summed E-state index contributed by atoms with van der Waals surface area (Å²) >= 11 is 6.16. The molecule has 8 heteroatoms. The molecule has 2 aliphatic rings. The van der Waals surface area contributed by atoms with Crippen LogP contribution in [0.1, 0.15) is 31.6 Å². The van der Waals surface area contributed by atoms with E-state index in [9.17, 15) is 0 Å². The Morgan fingerprint density at radius 1 is 1.52 bits per heavy atom. The van der Waals surface area contributed by atoms with Gasteiger partial charge in [0.1, 0.15) is 12.2 Å². The Morgan fingerprint density at radius 2 is 2.36 bits per heavy atom. The zero-order chi connectivity index (χ0) is 17.8. The summed E-state index contributed by atoms with van der Waals surface area (Å²) in [5.41, 5.74) is 8.52. The van der Waals surface area contributed by atoms with E-state index < -0.39 is 0 Å². The fourth-order valence-corrected chi connectivity index (χ4v) is 2.92. The van der Waals surface area contributed by atoms with Crippen LogP contribution in [0.3, 0.4) is 0 Å². The molecule has 2 saturated heterocycles. The van der Waals surface area contributed by atoms with Crippen LogP contribution >= 0.6 is 11.6 Å². The maximum absolute atomic E-state index is 7.88. The van der Waals surface area contributed by atoms with Crippen molar-refractivity contribution in [1.82, 2.24) is 10.3 Å². The highest BCUT2D eigenvalue weighted by Crippen LogP contribution is 2.31. The number of allylic oxidation sites excluding steroid dienone is 1. The van der Waals surface area contributed by atoms with Crippen LogP contribution in [0.5, 0.6) is 0 Å². The van der Waals surface area contributed by atoms with Crippen molar-refractivity contribution < 1.29 is 9.47 Å². The number of halogens is 1. The molecule has 3 atom stereocenters. The van der Waals surface area contributed by atoms with E-state index in [1.165, 1.54) is 0 Å². The van der Waals surface area contributed by atoms with Gasteiger partial charge in [-0.05, 0) is 18.6 Å². The minimum atomic E-state index is -0.310. The molecule has 5 N–H and O–H groups in total. The molecule has 2 unspecified atom stereocenters. The number of ether oxygens (including phenoxy) is 2. The molecule has 25 heavy (non-hydrogen) atoms. The third kappa shape index (κ3) is 4.49. The van der Waals surface area contributed by atoms with Crippen LogP contribution in [0.25, 0.3) is 0 Å². The van der Waals surface area contributed by atoms with Crippen LogP contribution in [-0.2, 0) is 9.47 Å². The molecular formula is C17H24ClN5O2. The van der Waals surface area contributed by atoms with Crippen molar-refractivity contribution in [3.63, 3.8) is 0 Å². The molecule has 0 aromatic carbocycles. The van der Waals surface area contributed by atoms with Crippen molar-refractivity contribution in [2.24, 2.45) is 5.73 Å². The van der Waals surface area contributed by atoms with Gasteiger partial charge in [-0.1, -0.05) is 24.9 Å². The number of hydrogen-bond acceptors (Lipinski definition) is 7. The van der Waals surface area contributed by atoms with Crippen LogP contribution in [0.15, 0.2) is 29.1 Å². The molecule has 0 spiro atoms. The number of rotatable bonds is 7. The number of anilines is 1. The fraction of sp³-hybridized carbons (Fsp3) is 0.529. The monoisotopic (exact) mass is 365 g/mol. The van der Waals surface area contributed by atoms with Gasteiger partial charge >= 0.3 is 0 Å². The third-order valence-corrected chi connectivity index (χ3v) is 4.62. The summed E-state index contributed by atoms with van der Waals surface area (Å²) in [6, 6.07) is 3.89. The third-order valence-electron chi connectivity index (χ3n) is 4.17. The van der Waals surface area contributed by atoms with Gasteiger partial charge < -0.3 is 31.3 Å². The predicted octanol–water partition coefficient (Wildman–Crippen LogP) is 2.11. The summed E-state index contributed by atoms with van der Waals surface area (Å²) in [6.07, 6.45) is 2.65. The van der Waals surface area contributed by atoms with Gasteiger partial charge in [0.05, 0.1) is 40.6 Å². The van der Waals surface area contributed by atoms with Crippen LogP contribution in [-0.4, -0.2) is 42.7 Å². The van der Waals surface area contributed by atoms with Gasteiger partial charge in [-0.15, -0.1) is 0 Å². The maximum atomic E-state index is 7.88. The van der Waals surface area contributed by atoms with Gasteiger partial charge in [-0.3, -0.25) is 4.98 Å². The first kappa shape index (κ1) is 18.1. The molecular weight excluding hydrogens is 342 g/mol. The van der Waals surface area contributed by atoms with Gasteiger partial charge in [0.2, 0.25) is 0 Å². The van der Waals surface area contributed by atoms with Crippen molar-refractivity contribution in [3.05, 3.63) is 34.8 Å². The Kier molecular flexibility index (Phi) is 5.90. The van der Waals surface area contributed by atoms with E-state index >= 15 is 0 Å². The number of aromatic nitrogens is 1. The topological polar surface area (TPSA) is 109 Å². The van der Waals surface area contributed by atoms with E-state index in [1.54, 1.807) is 6.20 Å². The average molecular weight is 366 g/mol. The molecule has 1 aromatic rings. The number of nitrogens with zero attached hydrogens (tertiary/aromatic N) is 1. The molecule has 0 saturated carbocycles. The molecule has 1 aromatic heterocycles. The molecule has 0 aliphatic carbocycles.